The van der Waals surface area contributed by atoms with Crippen molar-refractivity contribution in [3.8, 4) is 0 Å². The Hall–Kier alpha value is -0.380. The van der Waals surface area contributed by atoms with Gasteiger partial charge in [-0.3, -0.25) is 0 Å². The normalized spacial score (nSPS) is 11.7. The van der Waals surface area contributed by atoms with Gasteiger partial charge in [-0.15, -0.1) is 0 Å². The van der Waals surface area contributed by atoms with Gasteiger partial charge in [-0.05, 0) is 13.8 Å². The lowest BCUT2D eigenvalue weighted by atomic mass is 10.1. The van der Waals surface area contributed by atoms with Crippen molar-refractivity contribution in [3.63, 3.8) is 0 Å². The van der Waals surface area contributed by atoms with Gasteiger partial charge >= 0.3 is 0 Å². The summed E-state index contributed by atoms with van der Waals surface area (Å²) in [6.07, 6.45) is 0. The molecule has 1 aromatic carbocycles. The van der Waals surface area contributed by atoms with E-state index in [1.807, 2.05) is 44.2 Å². The summed E-state index contributed by atoms with van der Waals surface area (Å²) in [6.45, 7) is 5.19. The second-order valence-corrected chi connectivity index (χ2v) is 3.68. The molecule has 0 bridgehead atoms. The lowest BCUT2D eigenvalue weighted by Crippen LogP contribution is -2.35. The van der Waals surface area contributed by atoms with Gasteiger partial charge in [-0.25, -0.2) is 0 Å². The summed E-state index contributed by atoms with van der Waals surface area (Å²) >= 11 is 3.46. The second kappa shape index (κ2) is 6.26. The van der Waals surface area contributed by atoms with Gasteiger partial charge in [0.2, 0.25) is 5.79 Å². The molecule has 1 aromatic rings. The Morgan fingerprint density at radius 2 is 1.60 bits per heavy atom. The third-order valence-electron chi connectivity index (χ3n) is 2.14. The molecule has 0 saturated heterocycles. The third-order valence-corrected chi connectivity index (χ3v) is 2.88. The first-order chi connectivity index (χ1) is 7.29. The molecule has 0 amide bonds. The van der Waals surface area contributed by atoms with E-state index in [2.05, 4.69) is 15.9 Å². The first kappa shape index (κ1) is 12.7. The van der Waals surface area contributed by atoms with Gasteiger partial charge in [0.15, 0.2) is 0 Å². The molecule has 1 rings (SSSR count). The fraction of sp³-hybridized carbons (Fsp3) is 0.500. The molecule has 0 aromatic heterocycles. The van der Waals surface area contributed by atoms with Crippen molar-refractivity contribution in [1.82, 2.24) is 0 Å². The van der Waals surface area contributed by atoms with E-state index in [1.54, 1.807) is 0 Å². The maximum atomic E-state index is 5.74. The lowest BCUT2D eigenvalue weighted by Gasteiger charge is -2.31. The van der Waals surface area contributed by atoms with Crippen LogP contribution in [0.25, 0.3) is 0 Å². The van der Waals surface area contributed by atoms with Crippen molar-refractivity contribution in [1.29, 1.82) is 0 Å². The van der Waals surface area contributed by atoms with Crippen molar-refractivity contribution in [2.24, 2.45) is 0 Å². The van der Waals surface area contributed by atoms with Crippen molar-refractivity contribution < 1.29 is 9.47 Å². The Balaban J connectivity index is 2.97. The molecule has 15 heavy (non-hydrogen) atoms. The van der Waals surface area contributed by atoms with Crippen LogP contribution in [0.5, 0.6) is 0 Å². The summed E-state index contributed by atoms with van der Waals surface area (Å²) < 4.78 is 11.5. The average molecular weight is 273 g/mol. The summed E-state index contributed by atoms with van der Waals surface area (Å²) in [6, 6.07) is 10.0. The molecular weight excluding hydrogens is 256 g/mol. The zero-order chi connectivity index (χ0) is 11.1. The molecule has 0 aliphatic rings. The van der Waals surface area contributed by atoms with Gasteiger partial charge in [-0.1, -0.05) is 46.3 Å². The highest BCUT2D eigenvalue weighted by Gasteiger charge is 2.32. The van der Waals surface area contributed by atoms with Gasteiger partial charge in [-0.2, -0.15) is 0 Å². The minimum absolute atomic E-state index is 0.625. The van der Waals surface area contributed by atoms with Crippen LogP contribution in [-0.2, 0) is 15.3 Å². The van der Waals surface area contributed by atoms with E-state index in [-0.39, 0.29) is 0 Å². The molecule has 0 aliphatic carbocycles. The smallest absolute Gasteiger partial charge is 0.204 e. The Morgan fingerprint density at radius 3 is 2.00 bits per heavy atom. The lowest BCUT2D eigenvalue weighted by molar-refractivity contribution is -0.225. The van der Waals surface area contributed by atoms with E-state index < -0.39 is 5.79 Å². The Bertz CT molecular complexity index is 268. The largest absolute Gasteiger partial charge is 0.345 e. The van der Waals surface area contributed by atoms with E-state index in [0.29, 0.717) is 18.5 Å². The molecule has 0 heterocycles. The number of benzene rings is 1. The first-order valence-electron chi connectivity index (χ1n) is 5.18. The quantitative estimate of drug-likeness (QED) is 0.585. The van der Waals surface area contributed by atoms with Crippen molar-refractivity contribution in [2.45, 2.75) is 19.6 Å². The predicted molar refractivity (Wildman–Crippen MR) is 65.2 cm³/mol. The van der Waals surface area contributed by atoms with Gasteiger partial charge < -0.3 is 9.47 Å². The van der Waals surface area contributed by atoms with Crippen molar-refractivity contribution in [3.05, 3.63) is 35.9 Å². The number of alkyl halides is 1. The van der Waals surface area contributed by atoms with E-state index in [0.717, 1.165) is 5.56 Å². The number of halogens is 1. The minimum atomic E-state index is -0.648. The standard InChI is InChI=1S/C12H17BrO2/c1-3-14-12(10-13,15-4-2)11-8-6-5-7-9-11/h5-9H,3-4,10H2,1-2H3. The van der Waals surface area contributed by atoms with Crippen molar-refractivity contribution in [2.75, 3.05) is 18.5 Å². The van der Waals surface area contributed by atoms with Crippen molar-refractivity contribution >= 4 is 15.9 Å². The molecule has 0 N–H and O–H groups in total. The molecule has 0 unspecified atom stereocenters. The van der Waals surface area contributed by atoms with Crippen LogP contribution < -0.4 is 0 Å². The number of rotatable bonds is 6. The van der Waals surface area contributed by atoms with E-state index >= 15 is 0 Å². The number of hydrogen-bond acceptors (Lipinski definition) is 2. The number of hydrogen-bond donors (Lipinski definition) is 0. The SMILES string of the molecule is CCOC(CBr)(OCC)c1ccccc1. The molecule has 0 aliphatic heterocycles. The zero-order valence-electron chi connectivity index (χ0n) is 9.20. The molecular formula is C12H17BrO2. The Morgan fingerprint density at radius 1 is 1.07 bits per heavy atom. The fourth-order valence-corrected chi connectivity index (χ4v) is 2.17. The number of ether oxygens (including phenoxy) is 2. The van der Waals surface area contributed by atoms with Gasteiger partial charge in [0.05, 0.1) is 5.33 Å². The molecule has 3 heteroatoms. The average Bonchev–Trinajstić information content (AvgIpc) is 2.30. The van der Waals surface area contributed by atoms with Crippen LogP contribution in [0.1, 0.15) is 19.4 Å². The van der Waals surface area contributed by atoms with Gasteiger partial charge in [0.25, 0.3) is 0 Å². The summed E-state index contributed by atoms with van der Waals surface area (Å²) in [5, 5.41) is 0.631. The Kier molecular flexibility index (Phi) is 5.29. The third kappa shape index (κ3) is 3.03. The highest BCUT2D eigenvalue weighted by Crippen LogP contribution is 2.29. The van der Waals surface area contributed by atoms with Gasteiger partial charge in [0, 0.05) is 18.8 Å². The van der Waals surface area contributed by atoms with Crippen LogP contribution >= 0.6 is 15.9 Å². The first-order valence-corrected chi connectivity index (χ1v) is 6.30. The second-order valence-electron chi connectivity index (χ2n) is 3.12. The van der Waals surface area contributed by atoms with E-state index in [4.69, 9.17) is 9.47 Å². The topological polar surface area (TPSA) is 18.5 Å². The summed E-state index contributed by atoms with van der Waals surface area (Å²) in [5.74, 6) is -0.648. The summed E-state index contributed by atoms with van der Waals surface area (Å²) in [7, 11) is 0. The molecule has 0 fully saturated rings. The van der Waals surface area contributed by atoms with Crippen LogP contribution in [0.15, 0.2) is 30.3 Å². The van der Waals surface area contributed by atoms with Crippen LogP contribution in [0.3, 0.4) is 0 Å². The van der Waals surface area contributed by atoms with E-state index in [1.165, 1.54) is 0 Å². The van der Waals surface area contributed by atoms with Crippen LogP contribution in [-0.4, -0.2) is 18.5 Å². The summed E-state index contributed by atoms with van der Waals surface area (Å²) in [4.78, 5) is 0. The van der Waals surface area contributed by atoms with Crippen LogP contribution in [0.2, 0.25) is 0 Å². The molecule has 84 valence electrons. The predicted octanol–water partition coefficient (Wildman–Crippen LogP) is 3.31. The molecule has 0 atom stereocenters. The van der Waals surface area contributed by atoms with E-state index in [9.17, 15) is 0 Å². The van der Waals surface area contributed by atoms with Gasteiger partial charge in [0.1, 0.15) is 0 Å². The maximum Gasteiger partial charge on any atom is 0.204 e. The monoisotopic (exact) mass is 272 g/mol. The molecule has 0 saturated carbocycles. The molecule has 0 radical (unpaired) electrons. The minimum Gasteiger partial charge on any atom is -0.345 e. The fourth-order valence-electron chi connectivity index (χ4n) is 1.52. The molecule has 2 nitrogen and oxygen atoms in total. The van der Waals surface area contributed by atoms with Crippen LogP contribution in [0.4, 0.5) is 0 Å². The summed E-state index contributed by atoms with van der Waals surface area (Å²) in [5.41, 5.74) is 1.05. The Labute approximate surface area is 99.7 Å². The molecule has 0 spiro atoms. The highest BCUT2D eigenvalue weighted by atomic mass is 79.9. The zero-order valence-corrected chi connectivity index (χ0v) is 10.8. The maximum absolute atomic E-state index is 5.74. The highest BCUT2D eigenvalue weighted by molar-refractivity contribution is 9.09. The van der Waals surface area contributed by atoms with Crippen LogP contribution in [0, 0.1) is 0 Å².